The minimum absolute atomic E-state index is 0.116. The zero-order chi connectivity index (χ0) is 27.2. The number of carbonyl (C=O) groups excluding carboxylic acids is 2. The quantitative estimate of drug-likeness (QED) is 0.472. The first kappa shape index (κ1) is 26.5. The molecule has 0 bridgehead atoms. The lowest BCUT2D eigenvalue weighted by Crippen LogP contribution is -2.50. The van der Waals surface area contributed by atoms with Crippen LogP contribution in [0.1, 0.15) is 81.9 Å². The number of aliphatic hydroxyl groups excluding tert-OH is 1. The summed E-state index contributed by atoms with van der Waals surface area (Å²) in [5.74, 6) is -0.0683. The van der Waals surface area contributed by atoms with Gasteiger partial charge in [-0.1, -0.05) is 50.3 Å². The molecule has 202 valence electrons. The molecule has 1 aromatic carbocycles. The smallest absolute Gasteiger partial charge is 0.248 e. The number of thiazole rings is 1. The van der Waals surface area contributed by atoms with E-state index in [9.17, 15) is 14.7 Å². The highest BCUT2D eigenvalue weighted by Gasteiger charge is 2.45. The number of hydrogen-bond donors (Lipinski definition) is 2. The number of β-amino-alcohol motifs (C(OH)–C–C–N with tert-alkyl or cyclic N) is 1. The van der Waals surface area contributed by atoms with Gasteiger partial charge in [0, 0.05) is 25.1 Å². The van der Waals surface area contributed by atoms with E-state index in [2.05, 4.69) is 20.6 Å². The van der Waals surface area contributed by atoms with Gasteiger partial charge >= 0.3 is 0 Å². The van der Waals surface area contributed by atoms with Crippen LogP contribution < -0.4 is 5.32 Å². The van der Waals surface area contributed by atoms with Gasteiger partial charge in [-0.25, -0.2) is 9.67 Å². The molecule has 38 heavy (non-hydrogen) atoms. The second kappa shape index (κ2) is 10.2. The number of aliphatic hydroxyl groups is 1. The van der Waals surface area contributed by atoms with Gasteiger partial charge < -0.3 is 15.3 Å². The number of nitrogens with one attached hydrogen (secondary N) is 1. The third kappa shape index (κ3) is 5.37. The number of aromatic nitrogens is 4. The lowest BCUT2D eigenvalue weighted by atomic mass is 9.85. The second-order valence-corrected chi connectivity index (χ2v) is 12.5. The summed E-state index contributed by atoms with van der Waals surface area (Å²) in [5, 5.41) is 22.2. The highest BCUT2D eigenvalue weighted by Crippen LogP contribution is 2.40. The van der Waals surface area contributed by atoms with E-state index in [0.29, 0.717) is 5.92 Å². The molecule has 1 saturated carbocycles. The first-order valence-corrected chi connectivity index (χ1v) is 14.1. The number of likely N-dealkylation sites (tertiary alicyclic amines) is 1. The highest BCUT2D eigenvalue weighted by molar-refractivity contribution is 7.13. The third-order valence-electron chi connectivity index (χ3n) is 7.48. The summed E-state index contributed by atoms with van der Waals surface area (Å²) in [6.07, 6.45) is 3.51. The van der Waals surface area contributed by atoms with Crippen molar-refractivity contribution >= 4 is 23.2 Å². The average molecular weight is 537 g/mol. The molecule has 4 atom stereocenters. The van der Waals surface area contributed by atoms with E-state index in [-0.39, 0.29) is 30.8 Å². The van der Waals surface area contributed by atoms with Crippen molar-refractivity contribution in [2.45, 2.75) is 84.0 Å². The van der Waals surface area contributed by atoms with Crippen LogP contribution in [0.25, 0.3) is 10.4 Å². The number of amides is 2. The SMILES string of the molecule is Cc1ncsc1-c1ccc([C@H](C)NC(=O)[C@@H]2C[C@@H](O)CN2C(=O)C(n2cc(C3CC3)nn2)C(C)(C)C)cc1. The minimum Gasteiger partial charge on any atom is -0.391 e. The number of nitrogens with zero attached hydrogens (tertiary/aromatic N) is 5. The molecule has 2 amide bonds. The van der Waals surface area contributed by atoms with Gasteiger partial charge in [0.25, 0.3) is 0 Å². The van der Waals surface area contributed by atoms with Crippen LogP contribution in [0.15, 0.2) is 36.0 Å². The maximum absolute atomic E-state index is 13.9. The number of aryl methyl sites for hydroxylation is 1. The molecule has 2 aliphatic rings. The molecule has 1 saturated heterocycles. The topological polar surface area (TPSA) is 113 Å². The predicted octanol–water partition coefficient (Wildman–Crippen LogP) is 4.01. The first-order chi connectivity index (χ1) is 18.0. The Morgan fingerprint density at radius 1 is 1.18 bits per heavy atom. The normalized spacial score (nSPS) is 21.4. The number of carbonyl (C=O) groups is 2. The van der Waals surface area contributed by atoms with Crippen molar-refractivity contribution < 1.29 is 14.7 Å². The van der Waals surface area contributed by atoms with Gasteiger partial charge in [0.05, 0.1) is 33.9 Å². The van der Waals surface area contributed by atoms with Gasteiger partial charge in [-0.2, -0.15) is 0 Å². The summed E-state index contributed by atoms with van der Waals surface area (Å²) in [6, 6.07) is 6.43. The van der Waals surface area contributed by atoms with Crippen LogP contribution in [0.3, 0.4) is 0 Å². The maximum atomic E-state index is 13.9. The average Bonchev–Trinajstić information content (AvgIpc) is 3.23. The van der Waals surface area contributed by atoms with Crippen LogP contribution in [0.2, 0.25) is 0 Å². The van der Waals surface area contributed by atoms with Crippen molar-refractivity contribution in [1.29, 1.82) is 0 Å². The molecule has 1 aliphatic heterocycles. The molecule has 0 radical (unpaired) electrons. The Kier molecular flexibility index (Phi) is 7.13. The molecule has 2 fully saturated rings. The zero-order valence-corrected chi connectivity index (χ0v) is 23.4. The molecule has 5 rings (SSSR count). The Bertz CT molecular complexity index is 1310. The van der Waals surface area contributed by atoms with Crippen LogP contribution in [-0.2, 0) is 9.59 Å². The van der Waals surface area contributed by atoms with Crippen molar-refractivity contribution in [2.75, 3.05) is 6.54 Å². The Hall–Kier alpha value is -3.11. The molecule has 9 nitrogen and oxygen atoms in total. The third-order valence-corrected chi connectivity index (χ3v) is 8.46. The van der Waals surface area contributed by atoms with Crippen molar-refractivity contribution in [3.63, 3.8) is 0 Å². The van der Waals surface area contributed by atoms with E-state index >= 15 is 0 Å². The lowest BCUT2D eigenvalue weighted by molar-refractivity contribution is -0.144. The monoisotopic (exact) mass is 536 g/mol. The fraction of sp³-hybridized carbons (Fsp3) is 0.536. The molecule has 2 aromatic heterocycles. The van der Waals surface area contributed by atoms with E-state index < -0.39 is 23.6 Å². The summed E-state index contributed by atoms with van der Waals surface area (Å²) in [7, 11) is 0. The van der Waals surface area contributed by atoms with E-state index in [0.717, 1.165) is 40.2 Å². The summed E-state index contributed by atoms with van der Waals surface area (Å²) < 4.78 is 1.64. The molecular formula is C28H36N6O3S. The number of hydrogen-bond acceptors (Lipinski definition) is 7. The van der Waals surface area contributed by atoms with Crippen LogP contribution in [0.4, 0.5) is 0 Å². The van der Waals surface area contributed by atoms with E-state index in [1.807, 2.05) is 70.6 Å². The fourth-order valence-electron chi connectivity index (χ4n) is 5.22. The van der Waals surface area contributed by atoms with Crippen LogP contribution in [0.5, 0.6) is 0 Å². The standard InChI is InChI=1S/C28H36N6O3S/c1-16(18-6-10-20(11-7-18)24-17(2)29-15-38-24)30-26(36)23-12-21(35)13-33(23)27(37)25(28(3,4)5)34-14-22(31-32-34)19-8-9-19/h6-7,10-11,14-16,19,21,23,25,35H,8-9,12-13H2,1-5H3,(H,30,36)/t16-,21+,23-,25?/m0/s1. The summed E-state index contributed by atoms with van der Waals surface area (Å²) in [6.45, 7) is 9.98. The largest absolute Gasteiger partial charge is 0.391 e. The first-order valence-electron chi connectivity index (χ1n) is 13.2. The predicted molar refractivity (Wildman–Crippen MR) is 145 cm³/mol. The number of benzene rings is 1. The fourth-order valence-corrected chi connectivity index (χ4v) is 6.03. The molecule has 3 heterocycles. The van der Waals surface area contributed by atoms with Gasteiger partial charge in [-0.15, -0.1) is 16.4 Å². The van der Waals surface area contributed by atoms with E-state index in [1.165, 1.54) is 4.90 Å². The highest BCUT2D eigenvalue weighted by atomic mass is 32.1. The van der Waals surface area contributed by atoms with Crippen LogP contribution in [0, 0.1) is 12.3 Å². The van der Waals surface area contributed by atoms with E-state index in [4.69, 9.17) is 0 Å². The molecule has 0 spiro atoms. The molecule has 1 aliphatic carbocycles. The van der Waals surface area contributed by atoms with Crippen molar-refractivity contribution in [1.82, 2.24) is 30.2 Å². The second-order valence-electron chi connectivity index (χ2n) is 11.7. The van der Waals surface area contributed by atoms with Gasteiger partial charge in [0.1, 0.15) is 12.1 Å². The van der Waals surface area contributed by atoms with Gasteiger partial charge in [-0.3, -0.25) is 9.59 Å². The van der Waals surface area contributed by atoms with Gasteiger partial charge in [0.15, 0.2) is 0 Å². The summed E-state index contributed by atoms with van der Waals surface area (Å²) in [5.41, 5.74) is 5.33. The van der Waals surface area contributed by atoms with Crippen molar-refractivity contribution in [3.05, 3.63) is 52.9 Å². The Morgan fingerprint density at radius 2 is 1.89 bits per heavy atom. The van der Waals surface area contributed by atoms with Crippen LogP contribution in [-0.4, -0.2) is 60.5 Å². The lowest BCUT2D eigenvalue weighted by Gasteiger charge is -2.34. The zero-order valence-electron chi connectivity index (χ0n) is 22.6. The van der Waals surface area contributed by atoms with Gasteiger partial charge in [-0.05, 0) is 43.2 Å². The van der Waals surface area contributed by atoms with Crippen molar-refractivity contribution in [3.8, 4) is 10.4 Å². The summed E-state index contributed by atoms with van der Waals surface area (Å²) in [4.78, 5) is 34.3. The molecule has 1 unspecified atom stereocenters. The molecule has 10 heteroatoms. The number of rotatable bonds is 7. The Balaban J connectivity index is 1.31. The Labute approximate surface area is 227 Å². The molecular weight excluding hydrogens is 500 g/mol. The van der Waals surface area contributed by atoms with Gasteiger partial charge in [0.2, 0.25) is 11.8 Å². The minimum atomic E-state index is -0.759. The molecule has 2 N–H and O–H groups in total. The maximum Gasteiger partial charge on any atom is 0.248 e. The summed E-state index contributed by atoms with van der Waals surface area (Å²) >= 11 is 1.60. The van der Waals surface area contributed by atoms with Crippen LogP contribution >= 0.6 is 11.3 Å². The Morgan fingerprint density at radius 3 is 2.50 bits per heavy atom. The molecule has 3 aromatic rings. The van der Waals surface area contributed by atoms with E-state index in [1.54, 1.807) is 16.0 Å². The van der Waals surface area contributed by atoms with Crippen molar-refractivity contribution in [2.24, 2.45) is 5.41 Å².